The van der Waals surface area contributed by atoms with Gasteiger partial charge in [-0.3, -0.25) is 9.36 Å². The van der Waals surface area contributed by atoms with E-state index in [1.54, 1.807) is 24.3 Å². The summed E-state index contributed by atoms with van der Waals surface area (Å²) < 4.78 is 1.41. The number of carbonyl (C=O) groups is 1. The minimum absolute atomic E-state index is 0.120. The first-order valence-electron chi connectivity index (χ1n) is 6.94. The van der Waals surface area contributed by atoms with Gasteiger partial charge in [0.15, 0.2) is 0 Å². The summed E-state index contributed by atoms with van der Waals surface area (Å²) in [6.07, 6.45) is 1.40. The van der Waals surface area contributed by atoms with Gasteiger partial charge in [0.2, 0.25) is 0 Å². The summed E-state index contributed by atoms with van der Waals surface area (Å²) >= 11 is 0. The minimum atomic E-state index is -1.05. The van der Waals surface area contributed by atoms with Gasteiger partial charge in [-0.05, 0) is 43.2 Å². The molecule has 110 valence electrons. The van der Waals surface area contributed by atoms with Crippen LogP contribution in [0.15, 0.2) is 53.5 Å². The summed E-state index contributed by atoms with van der Waals surface area (Å²) in [5.74, 6) is -1.05. The molecular weight excluding hydrogens is 278 g/mol. The van der Waals surface area contributed by atoms with E-state index in [0.717, 1.165) is 11.1 Å². The number of aromatic nitrogens is 1. The smallest absolute Gasteiger partial charge is 0.337 e. The molecule has 22 heavy (non-hydrogen) atoms. The van der Waals surface area contributed by atoms with Gasteiger partial charge in [-0.2, -0.15) is 0 Å². The molecule has 0 bridgehead atoms. The summed E-state index contributed by atoms with van der Waals surface area (Å²) in [6, 6.07) is 12.5. The molecule has 0 aliphatic rings. The first-order valence-corrected chi connectivity index (χ1v) is 6.94. The lowest BCUT2D eigenvalue weighted by atomic mass is 10.1. The second-order valence-electron chi connectivity index (χ2n) is 5.41. The maximum atomic E-state index is 12.7. The quantitative estimate of drug-likeness (QED) is 0.788. The van der Waals surface area contributed by atoms with Crippen molar-refractivity contribution in [2.75, 3.05) is 0 Å². The summed E-state index contributed by atoms with van der Waals surface area (Å²) in [6.45, 7) is 3.89. The summed E-state index contributed by atoms with van der Waals surface area (Å²) in [4.78, 5) is 24.2. The second-order valence-corrected chi connectivity index (χ2v) is 5.41. The lowest BCUT2D eigenvalue weighted by Crippen LogP contribution is -2.20. The number of aryl methyl sites for hydroxylation is 2. The van der Waals surface area contributed by atoms with Crippen LogP contribution >= 0.6 is 0 Å². The van der Waals surface area contributed by atoms with Gasteiger partial charge < -0.3 is 5.11 Å². The SMILES string of the molecule is Cc1cc(C)cc(-n2cc(C(=O)O)c3ccccc3c2=O)c1. The van der Waals surface area contributed by atoms with Crippen LogP contribution in [0.4, 0.5) is 0 Å². The molecular formula is C18H15NO3. The molecule has 0 amide bonds. The number of hydrogen-bond acceptors (Lipinski definition) is 2. The topological polar surface area (TPSA) is 59.3 Å². The van der Waals surface area contributed by atoms with Gasteiger partial charge >= 0.3 is 5.97 Å². The Kier molecular flexibility index (Phi) is 3.29. The molecule has 0 atom stereocenters. The van der Waals surface area contributed by atoms with E-state index in [-0.39, 0.29) is 11.1 Å². The number of hydrogen-bond donors (Lipinski definition) is 1. The zero-order valence-electron chi connectivity index (χ0n) is 12.3. The van der Waals surface area contributed by atoms with Gasteiger partial charge in [-0.25, -0.2) is 4.79 Å². The van der Waals surface area contributed by atoms with Crippen LogP contribution in [-0.4, -0.2) is 15.6 Å². The molecule has 4 nitrogen and oxygen atoms in total. The highest BCUT2D eigenvalue weighted by molar-refractivity contribution is 6.03. The van der Waals surface area contributed by atoms with E-state index in [2.05, 4.69) is 0 Å². The fourth-order valence-corrected chi connectivity index (χ4v) is 2.74. The number of nitrogens with zero attached hydrogens (tertiary/aromatic N) is 1. The van der Waals surface area contributed by atoms with Crippen molar-refractivity contribution in [3.8, 4) is 5.69 Å². The van der Waals surface area contributed by atoms with Gasteiger partial charge in [0, 0.05) is 22.7 Å². The van der Waals surface area contributed by atoms with E-state index in [0.29, 0.717) is 16.5 Å². The standard InChI is InChI=1S/C18H15NO3/c1-11-7-12(2)9-13(8-11)19-10-16(18(21)22)14-5-3-4-6-15(14)17(19)20/h3-10H,1-2H3,(H,21,22). The van der Waals surface area contributed by atoms with Crippen molar-refractivity contribution in [2.24, 2.45) is 0 Å². The Hall–Kier alpha value is -2.88. The Morgan fingerprint density at radius 3 is 2.18 bits per heavy atom. The van der Waals surface area contributed by atoms with E-state index in [4.69, 9.17) is 0 Å². The number of pyridine rings is 1. The first kappa shape index (κ1) is 14.1. The molecule has 1 N–H and O–H groups in total. The number of carboxylic acid groups (broad SMARTS) is 1. The van der Waals surface area contributed by atoms with Crippen LogP contribution in [0.25, 0.3) is 16.5 Å². The molecule has 0 unspecified atom stereocenters. The minimum Gasteiger partial charge on any atom is -0.478 e. The molecule has 0 aliphatic heterocycles. The number of rotatable bonds is 2. The summed E-state index contributed by atoms with van der Waals surface area (Å²) in [5.41, 5.74) is 2.62. The van der Waals surface area contributed by atoms with Crippen molar-refractivity contribution in [1.29, 1.82) is 0 Å². The van der Waals surface area contributed by atoms with Gasteiger partial charge in [0.25, 0.3) is 5.56 Å². The van der Waals surface area contributed by atoms with E-state index in [9.17, 15) is 14.7 Å². The van der Waals surface area contributed by atoms with Gasteiger partial charge in [0.1, 0.15) is 0 Å². The third-order valence-electron chi connectivity index (χ3n) is 3.64. The molecule has 1 aromatic heterocycles. The molecule has 3 aromatic rings. The molecule has 0 spiro atoms. The molecule has 0 saturated carbocycles. The fourth-order valence-electron chi connectivity index (χ4n) is 2.74. The van der Waals surface area contributed by atoms with Crippen molar-refractivity contribution in [3.05, 3.63) is 75.7 Å². The average molecular weight is 293 g/mol. The Morgan fingerprint density at radius 1 is 1.00 bits per heavy atom. The zero-order valence-corrected chi connectivity index (χ0v) is 12.3. The molecule has 2 aromatic carbocycles. The predicted octanol–water partition coefficient (Wildman–Crippen LogP) is 3.31. The molecule has 0 aliphatic carbocycles. The van der Waals surface area contributed by atoms with E-state index < -0.39 is 5.97 Å². The van der Waals surface area contributed by atoms with Gasteiger partial charge in [-0.1, -0.05) is 24.3 Å². The zero-order chi connectivity index (χ0) is 15.9. The van der Waals surface area contributed by atoms with Crippen LogP contribution in [0.3, 0.4) is 0 Å². The Bertz CT molecular complexity index is 934. The molecule has 0 saturated heterocycles. The molecule has 4 heteroatoms. The van der Waals surface area contributed by atoms with Crippen molar-refractivity contribution in [2.45, 2.75) is 13.8 Å². The first-order chi connectivity index (χ1) is 10.5. The Labute approximate surface area is 127 Å². The lowest BCUT2D eigenvalue weighted by Gasteiger charge is -2.11. The van der Waals surface area contributed by atoms with Gasteiger partial charge in [-0.15, -0.1) is 0 Å². The Balaban J connectivity index is 2.42. The summed E-state index contributed by atoms with van der Waals surface area (Å²) in [7, 11) is 0. The molecule has 0 radical (unpaired) electrons. The number of benzene rings is 2. The van der Waals surface area contributed by atoms with Crippen molar-refractivity contribution >= 4 is 16.7 Å². The highest BCUT2D eigenvalue weighted by atomic mass is 16.4. The number of fused-ring (bicyclic) bond motifs is 1. The predicted molar refractivity (Wildman–Crippen MR) is 86.0 cm³/mol. The van der Waals surface area contributed by atoms with E-state index >= 15 is 0 Å². The lowest BCUT2D eigenvalue weighted by molar-refractivity contribution is 0.0698. The van der Waals surface area contributed by atoms with Gasteiger partial charge in [0.05, 0.1) is 5.56 Å². The van der Waals surface area contributed by atoms with Crippen LogP contribution in [-0.2, 0) is 0 Å². The number of aromatic carboxylic acids is 1. The molecule has 1 heterocycles. The van der Waals surface area contributed by atoms with Crippen molar-refractivity contribution in [3.63, 3.8) is 0 Å². The number of carboxylic acids is 1. The van der Waals surface area contributed by atoms with Crippen molar-refractivity contribution < 1.29 is 9.90 Å². The monoisotopic (exact) mass is 293 g/mol. The van der Waals surface area contributed by atoms with Crippen LogP contribution in [0.1, 0.15) is 21.5 Å². The Morgan fingerprint density at radius 2 is 1.59 bits per heavy atom. The van der Waals surface area contributed by atoms with E-state index in [1.165, 1.54) is 10.8 Å². The fraction of sp³-hybridized carbons (Fsp3) is 0.111. The summed E-state index contributed by atoms with van der Waals surface area (Å²) in [5, 5.41) is 10.3. The largest absolute Gasteiger partial charge is 0.478 e. The maximum absolute atomic E-state index is 12.7. The van der Waals surface area contributed by atoms with E-state index in [1.807, 2.05) is 32.0 Å². The second kappa shape index (κ2) is 5.15. The van der Waals surface area contributed by atoms with Crippen molar-refractivity contribution in [1.82, 2.24) is 4.57 Å². The molecule has 3 rings (SSSR count). The van der Waals surface area contributed by atoms with Crippen LogP contribution in [0.5, 0.6) is 0 Å². The van der Waals surface area contributed by atoms with Crippen LogP contribution in [0, 0.1) is 13.8 Å². The van der Waals surface area contributed by atoms with Crippen LogP contribution < -0.4 is 5.56 Å². The highest BCUT2D eigenvalue weighted by Gasteiger charge is 2.14. The molecule has 0 fully saturated rings. The normalized spacial score (nSPS) is 10.8. The average Bonchev–Trinajstić information content (AvgIpc) is 2.46. The maximum Gasteiger partial charge on any atom is 0.337 e. The van der Waals surface area contributed by atoms with Crippen LogP contribution in [0.2, 0.25) is 0 Å². The third-order valence-corrected chi connectivity index (χ3v) is 3.64. The highest BCUT2D eigenvalue weighted by Crippen LogP contribution is 2.19. The third kappa shape index (κ3) is 2.29.